The van der Waals surface area contributed by atoms with Crippen molar-refractivity contribution in [1.29, 1.82) is 0 Å². The van der Waals surface area contributed by atoms with Crippen LogP contribution in [0.5, 0.6) is 5.75 Å². The first kappa shape index (κ1) is 15.6. The minimum atomic E-state index is -0.725. The zero-order valence-electron chi connectivity index (χ0n) is 12.0. The van der Waals surface area contributed by atoms with Crippen molar-refractivity contribution in [3.05, 3.63) is 32.8 Å². The van der Waals surface area contributed by atoms with Crippen LogP contribution < -0.4 is 5.11 Å². The summed E-state index contributed by atoms with van der Waals surface area (Å²) in [4.78, 5) is 10.1. The molecular formula is C14H17ClN3O3-. The Morgan fingerprint density at radius 1 is 1.38 bits per heavy atom. The van der Waals surface area contributed by atoms with E-state index in [2.05, 4.69) is 18.9 Å². The van der Waals surface area contributed by atoms with E-state index in [1.807, 2.05) is 5.01 Å². The summed E-state index contributed by atoms with van der Waals surface area (Å²) in [5.41, 5.74) is -0.386. The average molecular weight is 311 g/mol. The second-order valence-corrected chi connectivity index (χ2v) is 5.79. The summed E-state index contributed by atoms with van der Waals surface area (Å²) in [6.07, 6.45) is 4.62. The molecule has 1 aromatic rings. The van der Waals surface area contributed by atoms with Gasteiger partial charge in [-0.25, -0.2) is 0 Å². The van der Waals surface area contributed by atoms with Gasteiger partial charge in [-0.15, -0.1) is 0 Å². The van der Waals surface area contributed by atoms with Crippen molar-refractivity contribution in [1.82, 2.24) is 5.01 Å². The zero-order chi connectivity index (χ0) is 15.6. The Hall–Kier alpha value is -1.82. The third kappa shape index (κ3) is 3.44. The minimum absolute atomic E-state index is 0.138. The predicted octanol–water partition coefficient (Wildman–Crippen LogP) is 2.92. The van der Waals surface area contributed by atoms with Crippen LogP contribution >= 0.6 is 11.6 Å². The monoisotopic (exact) mass is 310 g/mol. The molecule has 1 aliphatic heterocycles. The molecule has 6 nitrogen and oxygen atoms in total. The van der Waals surface area contributed by atoms with Crippen LogP contribution in [0.4, 0.5) is 5.69 Å². The molecule has 0 amide bonds. The number of hydrazone groups is 1. The normalized spacial score (nSPS) is 22.7. The van der Waals surface area contributed by atoms with Gasteiger partial charge >= 0.3 is 0 Å². The average Bonchev–Trinajstić information content (AvgIpc) is 2.41. The number of nitrogens with zero attached hydrogens (tertiary/aromatic N) is 3. The molecule has 0 radical (unpaired) electrons. The van der Waals surface area contributed by atoms with E-state index in [1.54, 1.807) is 0 Å². The van der Waals surface area contributed by atoms with E-state index in [1.165, 1.54) is 12.3 Å². The molecule has 0 unspecified atom stereocenters. The second kappa shape index (κ2) is 6.30. The molecule has 21 heavy (non-hydrogen) atoms. The van der Waals surface area contributed by atoms with Crippen LogP contribution in [0.2, 0.25) is 5.02 Å². The Balaban J connectivity index is 2.30. The second-order valence-electron chi connectivity index (χ2n) is 5.35. The van der Waals surface area contributed by atoms with Crippen molar-refractivity contribution in [3.8, 4) is 5.75 Å². The maximum Gasteiger partial charge on any atom is 0.263 e. The molecule has 0 saturated carbocycles. The van der Waals surface area contributed by atoms with Gasteiger partial charge in [-0.2, -0.15) is 5.10 Å². The standard InChI is InChI=1S/C14H18ClN3O3/c1-9-4-3-5-10(2)17(9)16-8-11-6-12(15)7-13(14(11)19)18(20)21/h6-10,19H,3-5H2,1-2H3/p-1/b16-8-/t9-,10+. The Morgan fingerprint density at radius 2 is 2.00 bits per heavy atom. The summed E-state index contributed by atoms with van der Waals surface area (Å²) in [7, 11) is 0. The van der Waals surface area contributed by atoms with Gasteiger partial charge in [-0.1, -0.05) is 11.6 Å². The summed E-state index contributed by atoms with van der Waals surface area (Å²) in [6, 6.07) is 3.04. The largest absolute Gasteiger partial charge is 0.867 e. The van der Waals surface area contributed by atoms with Gasteiger partial charge in [0.2, 0.25) is 0 Å². The number of nitro benzene ring substituents is 1. The first-order valence-electron chi connectivity index (χ1n) is 6.87. The molecule has 1 aromatic carbocycles. The number of halogens is 1. The maximum absolute atomic E-state index is 12.0. The zero-order valence-corrected chi connectivity index (χ0v) is 12.7. The van der Waals surface area contributed by atoms with Gasteiger partial charge in [0, 0.05) is 23.2 Å². The van der Waals surface area contributed by atoms with Crippen molar-refractivity contribution >= 4 is 23.5 Å². The molecule has 1 aliphatic rings. The number of piperidine rings is 1. The van der Waals surface area contributed by atoms with Crippen molar-refractivity contribution in [3.63, 3.8) is 0 Å². The van der Waals surface area contributed by atoms with Crippen LogP contribution in [0.1, 0.15) is 38.7 Å². The van der Waals surface area contributed by atoms with Gasteiger partial charge in [0.05, 0.1) is 11.1 Å². The van der Waals surface area contributed by atoms with E-state index in [0.717, 1.165) is 25.3 Å². The van der Waals surface area contributed by atoms with Crippen LogP contribution in [0, 0.1) is 10.1 Å². The maximum atomic E-state index is 12.0. The van der Waals surface area contributed by atoms with Gasteiger partial charge in [0.1, 0.15) is 0 Å². The van der Waals surface area contributed by atoms with Crippen LogP contribution in [0.25, 0.3) is 0 Å². The Morgan fingerprint density at radius 3 is 2.57 bits per heavy atom. The highest BCUT2D eigenvalue weighted by Crippen LogP contribution is 2.30. The molecule has 1 heterocycles. The number of rotatable bonds is 3. The fourth-order valence-corrected chi connectivity index (χ4v) is 2.82. The number of hydrogen-bond donors (Lipinski definition) is 0. The molecule has 0 N–H and O–H groups in total. The van der Waals surface area contributed by atoms with Crippen molar-refractivity contribution in [2.45, 2.75) is 45.2 Å². The van der Waals surface area contributed by atoms with Crippen molar-refractivity contribution in [2.75, 3.05) is 0 Å². The first-order valence-corrected chi connectivity index (χ1v) is 7.25. The van der Waals surface area contributed by atoms with E-state index < -0.39 is 16.4 Å². The SMILES string of the molecule is C[C@@H]1CCC[C@H](C)N1/N=C\c1cc(Cl)cc([N+](=O)[O-])c1[O-]. The molecule has 2 rings (SSSR count). The molecule has 1 saturated heterocycles. The smallest absolute Gasteiger partial charge is 0.263 e. The molecule has 114 valence electrons. The summed E-state index contributed by atoms with van der Waals surface area (Å²) >= 11 is 5.83. The highest BCUT2D eigenvalue weighted by Gasteiger charge is 2.22. The van der Waals surface area contributed by atoms with Crippen molar-refractivity contribution in [2.24, 2.45) is 5.10 Å². The fourth-order valence-electron chi connectivity index (χ4n) is 2.60. The van der Waals surface area contributed by atoms with Gasteiger partial charge < -0.3 is 5.11 Å². The van der Waals surface area contributed by atoms with Gasteiger partial charge in [0.25, 0.3) is 5.69 Å². The third-order valence-electron chi connectivity index (χ3n) is 3.74. The molecular weight excluding hydrogens is 294 g/mol. The summed E-state index contributed by atoms with van der Waals surface area (Å²) < 4.78 is 0. The molecule has 0 aromatic heterocycles. The van der Waals surface area contributed by atoms with Gasteiger partial charge in [-0.3, -0.25) is 15.1 Å². The first-order chi connectivity index (χ1) is 9.90. The van der Waals surface area contributed by atoms with E-state index in [-0.39, 0.29) is 22.7 Å². The van der Waals surface area contributed by atoms with E-state index in [9.17, 15) is 15.2 Å². The van der Waals surface area contributed by atoms with Crippen LogP contribution in [0.3, 0.4) is 0 Å². The third-order valence-corrected chi connectivity index (χ3v) is 3.95. The van der Waals surface area contributed by atoms with Crippen LogP contribution in [-0.4, -0.2) is 28.2 Å². The number of benzene rings is 1. The predicted molar refractivity (Wildman–Crippen MR) is 79.8 cm³/mol. The lowest BCUT2D eigenvalue weighted by atomic mass is 10.00. The lowest BCUT2D eigenvalue weighted by Crippen LogP contribution is -2.39. The molecule has 0 aliphatic carbocycles. The van der Waals surface area contributed by atoms with E-state index >= 15 is 0 Å². The topological polar surface area (TPSA) is 81.8 Å². The lowest BCUT2D eigenvalue weighted by Gasteiger charge is -2.36. The lowest BCUT2D eigenvalue weighted by molar-refractivity contribution is -0.398. The minimum Gasteiger partial charge on any atom is -0.867 e. The van der Waals surface area contributed by atoms with Crippen LogP contribution in [-0.2, 0) is 0 Å². The quantitative estimate of drug-likeness (QED) is 0.488. The van der Waals surface area contributed by atoms with Crippen LogP contribution in [0.15, 0.2) is 17.2 Å². The molecule has 2 atom stereocenters. The van der Waals surface area contributed by atoms with Gasteiger partial charge in [0.15, 0.2) is 0 Å². The molecule has 7 heteroatoms. The molecule has 1 fully saturated rings. The Bertz CT molecular complexity index is 567. The Kier molecular flexibility index (Phi) is 4.67. The fraction of sp³-hybridized carbons (Fsp3) is 0.500. The number of nitro groups is 1. The van der Waals surface area contributed by atoms with E-state index in [4.69, 9.17) is 11.6 Å². The highest BCUT2D eigenvalue weighted by atomic mass is 35.5. The molecule has 0 bridgehead atoms. The highest BCUT2D eigenvalue weighted by molar-refractivity contribution is 6.31. The molecule has 0 spiro atoms. The van der Waals surface area contributed by atoms with E-state index in [0.29, 0.717) is 0 Å². The summed E-state index contributed by atoms with van der Waals surface area (Å²) in [5, 5.41) is 29.3. The van der Waals surface area contributed by atoms with Crippen molar-refractivity contribution < 1.29 is 10.0 Å². The van der Waals surface area contributed by atoms with Gasteiger partial charge in [-0.05, 0) is 50.5 Å². The summed E-state index contributed by atoms with van der Waals surface area (Å²) in [5.74, 6) is -0.662. The Labute approximate surface area is 128 Å². The number of hydrogen-bond acceptors (Lipinski definition) is 5. The summed E-state index contributed by atoms with van der Waals surface area (Å²) in [6.45, 7) is 4.15.